The molecule has 0 amide bonds. The SMILES string of the molecule is CCNC(c1cc(F)ccc1Cl)C(CC)c1ccccc1. The van der Waals surface area contributed by atoms with Crippen molar-refractivity contribution in [1.29, 1.82) is 0 Å². The van der Waals surface area contributed by atoms with E-state index in [1.165, 1.54) is 11.6 Å². The summed E-state index contributed by atoms with van der Waals surface area (Å²) in [5, 5.41) is 4.07. The van der Waals surface area contributed by atoms with Gasteiger partial charge in [-0.3, -0.25) is 0 Å². The molecule has 0 aliphatic heterocycles. The third kappa shape index (κ3) is 3.84. The number of rotatable bonds is 6. The molecule has 0 aliphatic rings. The zero-order valence-corrected chi connectivity index (χ0v) is 13.2. The average molecular weight is 306 g/mol. The molecule has 2 aromatic rings. The molecule has 2 aromatic carbocycles. The molecule has 0 saturated heterocycles. The van der Waals surface area contributed by atoms with E-state index in [0.29, 0.717) is 5.02 Å². The smallest absolute Gasteiger partial charge is 0.123 e. The van der Waals surface area contributed by atoms with Crippen LogP contribution in [0.5, 0.6) is 0 Å². The lowest BCUT2D eigenvalue weighted by Crippen LogP contribution is -2.27. The molecule has 3 heteroatoms. The lowest BCUT2D eigenvalue weighted by atomic mass is 9.85. The zero-order valence-electron chi connectivity index (χ0n) is 12.4. The fourth-order valence-corrected chi connectivity index (χ4v) is 3.04. The van der Waals surface area contributed by atoms with Crippen molar-refractivity contribution in [2.24, 2.45) is 0 Å². The molecular formula is C18H21ClFN. The van der Waals surface area contributed by atoms with E-state index < -0.39 is 0 Å². The van der Waals surface area contributed by atoms with Crippen molar-refractivity contribution in [1.82, 2.24) is 5.32 Å². The number of hydrogen-bond donors (Lipinski definition) is 1. The summed E-state index contributed by atoms with van der Waals surface area (Å²) in [5.41, 5.74) is 2.07. The highest BCUT2D eigenvalue weighted by atomic mass is 35.5. The number of likely N-dealkylation sites (N-methyl/N-ethyl adjacent to an activating group) is 1. The Hall–Kier alpha value is -1.38. The molecule has 0 aromatic heterocycles. The second kappa shape index (κ2) is 7.58. The molecule has 21 heavy (non-hydrogen) atoms. The monoisotopic (exact) mass is 305 g/mol. The molecule has 0 bridgehead atoms. The molecule has 112 valence electrons. The van der Waals surface area contributed by atoms with Gasteiger partial charge in [0.15, 0.2) is 0 Å². The second-order valence-corrected chi connectivity index (χ2v) is 5.53. The summed E-state index contributed by atoms with van der Waals surface area (Å²) in [6.45, 7) is 5.01. The third-order valence-electron chi connectivity index (χ3n) is 3.79. The first-order valence-corrected chi connectivity index (χ1v) is 7.78. The van der Waals surface area contributed by atoms with Gasteiger partial charge in [0, 0.05) is 17.0 Å². The Morgan fingerprint density at radius 2 is 1.81 bits per heavy atom. The fourth-order valence-electron chi connectivity index (χ4n) is 2.81. The summed E-state index contributed by atoms with van der Waals surface area (Å²) in [7, 11) is 0. The summed E-state index contributed by atoms with van der Waals surface area (Å²) >= 11 is 6.31. The Balaban J connectivity index is 2.43. The van der Waals surface area contributed by atoms with Crippen molar-refractivity contribution >= 4 is 11.6 Å². The van der Waals surface area contributed by atoms with Gasteiger partial charge in [0.05, 0.1) is 0 Å². The van der Waals surface area contributed by atoms with Gasteiger partial charge in [-0.2, -0.15) is 0 Å². The Morgan fingerprint density at radius 1 is 1.10 bits per heavy atom. The number of halogens is 2. The molecule has 0 spiro atoms. The first-order valence-electron chi connectivity index (χ1n) is 7.40. The van der Waals surface area contributed by atoms with Crippen LogP contribution in [-0.2, 0) is 0 Å². The molecule has 0 fully saturated rings. The maximum absolute atomic E-state index is 13.6. The minimum Gasteiger partial charge on any atom is -0.310 e. The maximum Gasteiger partial charge on any atom is 0.123 e. The van der Waals surface area contributed by atoms with Crippen LogP contribution in [0.25, 0.3) is 0 Å². The molecule has 2 unspecified atom stereocenters. The van der Waals surface area contributed by atoms with E-state index in [2.05, 4.69) is 31.3 Å². The predicted octanol–water partition coefficient (Wildman–Crippen LogP) is 5.32. The summed E-state index contributed by atoms with van der Waals surface area (Å²) in [4.78, 5) is 0. The number of benzene rings is 2. The van der Waals surface area contributed by atoms with Gasteiger partial charge in [0.25, 0.3) is 0 Å². The van der Waals surface area contributed by atoms with Gasteiger partial charge in [0.2, 0.25) is 0 Å². The highest BCUT2D eigenvalue weighted by molar-refractivity contribution is 6.31. The minimum absolute atomic E-state index is 0.00519. The second-order valence-electron chi connectivity index (χ2n) is 5.13. The van der Waals surface area contributed by atoms with Crippen LogP contribution in [0.1, 0.15) is 43.4 Å². The first kappa shape index (κ1) is 16.0. The van der Waals surface area contributed by atoms with Gasteiger partial charge < -0.3 is 5.32 Å². The molecule has 0 aliphatic carbocycles. The third-order valence-corrected chi connectivity index (χ3v) is 4.13. The summed E-state index contributed by atoms with van der Waals surface area (Å²) in [6, 6.07) is 14.9. The average Bonchev–Trinajstić information content (AvgIpc) is 2.51. The van der Waals surface area contributed by atoms with Crippen LogP contribution in [0.3, 0.4) is 0 Å². The maximum atomic E-state index is 13.6. The fraction of sp³-hybridized carbons (Fsp3) is 0.333. The van der Waals surface area contributed by atoms with Crippen molar-refractivity contribution in [3.05, 3.63) is 70.5 Å². The van der Waals surface area contributed by atoms with E-state index in [0.717, 1.165) is 18.5 Å². The molecule has 0 heterocycles. The van der Waals surface area contributed by atoms with Gasteiger partial charge in [-0.05, 0) is 42.3 Å². The van der Waals surface area contributed by atoms with E-state index >= 15 is 0 Å². The number of hydrogen-bond acceptors (Lipinski definition) is 1. The zero-order chi connectivity index (χ0) is 15.2. The van der Waals surface area contributed by atoms with Crippen LogP contribution in [0, 0.1) is 5.82 Å². The van der Waals surface area contributed by atoms with Crippen molar-refractivity contribution in [3.8, 4) is 0 Å². The molecular weight excluding hydrogens is 285 g/mol. The van der Waals surface area contributed by atoms with E-state index in [1.54, 1.807) is 12.1 Å². The van der Waals surface area contributed by atoms with E-state index in [-0.39, 0.29) is 17.8 Å². The van der Waals surface area contributed by atoms with Crippen LogP contribution in [-0.4, -0.2) is 6.54 Å². The van der Waals surface area contributed by atoms with Gasteiger partial charge in [-0.15, -0.1) is 0 Å². The van der Waals surface area contributed by atoms with Crippen molar-refractivity contribution in [2.75, 3.05) is 6.54 Å². The van der Waals surface area contributed by atoms with Crippen LogP contribution in [0.15, 0.2) is 48.5 Å². The summed E-state index contributed by atoms with van der Waals surface area (Å²) < 4.78 is 13.6. The van der Waals surface area contributed by atoms with Crippen LogP contribution in [0.2, 0.25) is 5.02 Å². The Labute approximate surface area is 131 Å². The molecule has 1 N–H and O–H groups in total. The highest BCUT2D eigenvalue weighted by Gasteiger charge is 2.24. The van der Waals surface area contributed by atoms with Crippen molar-refractivity contribution in [3.63, 3.8) is 0 Å². The van der Waals surface area contributed by atoms with E-state index in [9.17, 15) is 4.39 Å². The van der Waals surface area contributed by atoms with Crippen LogP contribution < -0.4 is 5.32 Å². The van der Waals surface area contributed by atoms with Gasteiger partial charge in [0.1, 0.15) is 5.82 Å². The lowest BCUT2D eigenvalue weighted by Gasteiger charge is -2.28. The Kier molecular flexibility index (Phi) is 5.77. The quantitative estimate of drug-likeness (QED) is 0.761. The van der Waals surface area contributed by atoms with E-state index in [1.807, 2.05) is 18.2 Å². The predicted molar refractivity (Wildman–Crippen MR) is 87.3 cm³/mol. The Morgan fingerprint density at radius 3 is 2.43 bits per heavy atom. The minimum atomic E-state index is -0.250. The first-order chi connectivity index (χ1) is 10.2. The molecule has 2 atom stereocenters. The molecule has 0 saturated carbocycles. The highest BCUT2D eigenvalue weighted by Crippen LogP contribution is 2.36. The van der Waals surface area contributed by atoms with Crippen LogP contribution >= 0.6 is 11.6 Å². The lowest BCUT2D eigenvalue weighted by molar-refractivity contribution is 0.443. The van der Waals surface area contributed by atoms with Crippen LogP contribution in [0.4, 0.5) is 4.39 Å². The van der Waals surface area contributed by atoms with Gasteiger partial charge >= 0.3 is 0 Å². The molecule has 1 nitrogen and oxygen atoms in total. The number of nitrogens with one attached hydrogen (secondary N) is 1. The largest absolute Gasteiger partial charge is 0.310 e. The normalized spacial score (nSPS) is 13.9. The van der Waals surface area contributed by atoms with E-state index in [4.69, 9.17) is 11.6 Å². The van der Waals surface area contributed by atoms with Crippen molar-refractivity contribution < 1.29 is 4.39 Å². The van der Waals surface area contributed by atoms with Crippen molar-refractivity contribution in [2.45, 2.75) is 32.2 Å². The molecule has 0 radical (unpaired) electrons. The van der Waals surface area contributed by atoms with Gasteiger partial charge in [-0.25, -0.2) is 4.39 Å². The summed E-state index contributed by atoms with van der Waals surface area (Å²) in [6.07, 6.45) is 0.953. The van der Waals surface area contributed by atoms with Gasteiger partial charge in [-0.1, -0.05) is 55.8 Å². The summed E-state index contributed by atoms with van der Waals surface area (Å²) in [5.74, 6) is 0.00525. The molecule has 2 rings (SSSR count). The standard InChI is InChI=1S/C18H21ClFN/c1-3-15(13-8-6-5-7-9-13)18(21-4-2)16-12-14(20)10-11-17(16)19/h5-12,15,18,21H,3-4H2,1-2H3. The topological polar surface area (TPSA) is 12.0 Å². The Bertz CT molecular complexity index is 571.